The van der Waals surface area contributed by atoms with E-state index in [1.807, 2.05) is 0 Å². The molecule has 5 nitrogen and oxygen atoms in total. The second-order valence-electron chi connectivity index (χ2n) is 4.87. The van der Waals surface area contributed by atoms with Gasteiger partial charge in [-0.15, -0.1) is 0 Å². The average Bonchev–Trinajstić information content (AvgIpc) is 3.08. The molecule has 1 aliphatic heterocycles. The van der Waals surface area contributed by atoms with Crippen molar-refractivity contribution >= 4 is 23.2 Å². The summed E-state index contributed by atoms with van der Waals surface area (Å²) in [5.74, 6) is 0.989. The smallest absolute Gasteiger partial charge is 0.247 e. The van der Waals surface area contributed by atoms with E-state index in [0.717, 1.165) is 25.8 Å². The van der Waals surface area contributed by atoms with Gasteiger partial charge < -0.3 is 9.84 Å². The van der Waals surface area contributed by atoms with Crippen molar-refractivity contribution in [2.45, 2.75) is 31.7 Å². The molecule has 1 N–H and O–H groups in total. The Kier molecular flexibility index (Phi) is 3.67. The van der Waals surface area contributed by atoms with Gasteiger partial charge in [0.25, 0.3) is 0 Å². The largest absolute Gasteiger partial charge is 0.337 e. The van der Waals surface area contributed by atoms with Crippen LogP contribution < -0.4 is 5.32 Å². The van der Waals surface area contributed by atoms with E-state index in [1.165, 1.54) is 6.20 Å². The summed E-state index contributed by atoms with van der Waals surface area (Å²) in [5.41, 5.74) is 0.264. The summed E-state index contributed by atoms with van der Waals surface area (Å²) in [6.45, 7) is 3.07. The van der Waals surface area contributed by atoms with E-state index in [2.05, 4.69) is 27.4 Å². The highest BCUT2D eigenvalue weighted by Crippen LogP contribution is 2.34. The van der Waals surface area contributed by atoms with Gasteiger partial charge in [0.1, 0.15) is 5.69 Å². The van der Waals surface area contributed by atoms with E-state index in [0.29, 0.717) is 27.5 Å². The highest BCUT2D eigenvalue weighted by atomic mass is 35.5. The van der Waals surface area contributed by atoms with E-state index in [4.69, 9.17) is 27.7 Å². The molecule has 2 aromatic heterocycles. The molecule has 0 spiro atoms. The molecule has 106 valence electrons. The van der Waals surface area contributed by atoms with E-state index >= 15 is 0 Å². The molecule has 20 heavy (non-hydrogen) atoms. The molecule has 1 aliphatic rings. The lowest BCUT2D eigenvalue weighted by molar-refractivity contribution is 0.250. The average molecular weight is 313 g/mol. The van der Waals surface area contributed by atoms with Crippen LogP contribution in [0, 0.1) is 0 Å². The predicted octanol–water partition coefficient (Wildman–Crippen LogP) is 3.43. The van der Waals surface area contributed by atoms with Gasteiger partial charge in [-0.05, 0) is 31.9 Å². The number of pyridine rings is 1. The number of halogens is 2. The Morgan fingerprint density at radius 2 is 2.30 bits per heavy atom. The minimum atomic E-state index is -0.218. The highest BCUT2D eigenvalue weighted by Gasteiger charge is 2.39. The van der Waals surface area contributed by atoms with Gasteiger partial charge in [-0.25, -0.2) is 4.98 Å². The quantitative estimate of drug-likeness (QED) is 0.940. The first kappa shape index (κ1) is 13.8. The van der Waals surface area contributed by atoms with E-state index in [9.17, 15) is 0 Å². The maximum Gasteiger partial charge on any atom is 0.247 e. The number of rotatable bonds is 3. The van der Waals surface area contributed by atoms with Crippen LogP contribution in [0.4, 0.5) is 0 Å². The fraction of sp³-hybridized carbons (Fsp3) is 0.462. The topological polar surface area (TPSA) is 63.8 Å². The normalized spacial score (nSPS) is 22.4. The van der Waals surface area contributed by atoms with E-state index in [1.54, 1.807) is 6.07 Å². The molecular weight excluding hydrogens is 299 g/mol. The zero-order valence-electron chi connectivity index (χ0n) is 11.0. The summed E-state index contributed by atoms with van der Waals surface area (Å²) in [6.07, 6.45) is 4.51. The van der Waals surface area contributed by atoms with Gasteiger partial charge in [-0.1, -0.05) is 35.3 Å². The van der Waals surface area contributed by atoms with Gasteiger partial charge >= 0.3 is 0 Å². The molecule has 0 saturated carbocycles. The maximum atomic E-state index is 6.12. The Balaban J connectivity index is 1.97. The summed E-state index contributed by atoms with van der Waals surface area (Å²) in [5, 5.41) is 8.34. The molecule has 2 aromatic rings. The number of nitrogens with zero attached hydrogens (tertiary/aromatic N) is 3. The first-order chi connectivity index (χ1) is 9.64. The lowest BCUT2D eigenvalue weighted by atomic mass is 9.94. The van der Waals surface area contributed by atoms with Gasteiger partial charge in [-0.2, -0.15) is 4.98 Å². The Hall–Kier alpha value is -1.17. The van der Waals surface area contributed by atoms with Crippen molar-refractivity contribution in [3.05, 3.63) is 28.2 Å². The van der Waals surface area contributed by atoms with Crippen molar-refractivity contribution in [3.63, 3.8) is 0 Å². The van der Waals surface area contributed by atoms with Gasteiger partial charge in [0, 0.05) is 6.20 Å². The number of nitrogens with one attached hydrogen (secondary N) is 1. The van der Waals surface area contributed by atoms with Crippen LogP contribution in [0.25, 0.3) is 11.5 Å². The molecule has 3 rings (SSSR count). The van der Waals surface area contributed by atoms with Crippen molar-refractivity contribution in [3.8, 4) is 11.5 Å². The standard InChI is InChI=1S/C13H14Cl2N4O/c1-2-13(4-3-5-17-13)12-18-11(19-20-12)10-9(15)6-8(14)7-16-10/h6-7,17H,2-5H2,1H3. The van der Waals surface area contributed by atoms with Crippen LogP contribution in [0.5, 0.6) is 0 Å². The van der Waals surface area contributed by atoms with Crippen molar-refractivity contribution in [1.29, 1.82) is 0 Å². The second-order valence-corrected chi connectivity index (χ2v) is 5.72. The third-order valence-corrected chi connectivity index (χ3v) is 4.20. The molecule has 1 unspecified atom stereocenters. The first-order valence-electron chi connectivity index (χ1n) is 6.55. The van der Waals surface area contributed by atoms with Crippen molar-refractivity contribution in [2.75, 3.05) is 6.54 Å². The van der Waals surface area contributed by atoms with E-state index < -0.39 is 0 Å². The van der Waals surface area contributed by atoms with Crippen LogP contribution in [0.1, 0.15) is 32.1 Å². The summed E-state index contributed by atoms with van der Waals surface area (Å²) in [7, 11) is 0. The maximum absolute atomic E-state index is 6.12. The lowest BCUT2D eigenvalue weighted by Crippen LogP contribution is -2.36. The molecule has 1 fully saturated rings. The number of hydrogen-bond donors (Lipinski definition) is 1. The van der Waals surface area contributed by atoms with Crippen LogP contribution in [0.2, 0.25) is 10.0 Å². The summed E-state index contributed by atoms with van der Waals surface area (Å²) in [4.78, 5) is 8.63. The predicted molar refractivity (Wildman–Crippen MR) is 76.8 cm³/mol. The Labute approximate surface area is 126 Å². The highest BCUT2D eigenvalue weighted by molar-refractivity contribution is 6.35. The van der Waals surface area contributed by atoms with Gasteiger partial charge in [-0.3, -0.25) is 0 Å². The molecule has 1 atom stereocenters. The van der Waals surface area contributed by atoms with Gasteiger partial charge in [0.15, 0.2) is 0 Å². The third kappa shape index (κ3) is 2.30. The Bertz CT molecular complexity index is 623. The fourth-order valence-electron chi connectivity index (χ4n) is 2.53. The molecular formula is C13H14Cl2N4O. The van der Waals surface area contributed by atoms with Crippen LogP contribution >= 0.6 is 23.2 Å². The van der Waals surface area contributed by atoms with Crippen LogP contribution in [-0.2, 0) is 5.54 Å². The molecule has 3 heterocycles. The van der Waals surface area contributed by atoms with Gasteiger partial charge in [0.2, 0.25) is 11.7 Å². The van der Waals surface area contributed by atoms with Crippen molar-refractivity contribution in [2.24, 2.45) is 0 Å². The minimum absolute atomic E-state index is 0.218. The third-order valence-electron chi connectivity index (χ3n) is 3.70. The number of aromatic nitrogens is 3. The van der Waals surface area contributed by atoms with E-state index in [-0.39, 0.29) is 5.54 Å². The molecule has 0 bridgehead atoms. The molecule has 0 amide bonds. The van der Waals surface area contributed by atoms with Crippen LogP contribution in [0.15, 0.2) is 16.8 Å². The second kappa shape index (κ2) is 5.31. The van der Waals surface area contributed by atoms with Crippen LogP contribution in [0.3, 0.4) is 0 Å². The van der Waals surface area contributed by atoms with Crippen molar-refractivity contribution in [1.82, 2.24) is 20.4 Å². The molecule has 1 saturated heterocycles. The first-order valence-corrected chi connectivity index (χ1v) is 7.31. The minimum Gasteiger partial charge on any atom is -0.337 e. The molecule has 0 aromatic carbocycles. The summed E-state index contributed by atoms with van der Waals surface area (Å²) in [6, 6.07) is 1.62. The molecule has 0 radical (unpaired) electrons. The zero-order chi connectivity index (χ0) is 14.2. The number of hydrogen-bond acceptors (Lipinski definition) is 5. The lowest BCUT2D eigenvalue weighted by Gasteiger charge is -2.22. The van der Waals surface area contributed by atoms with Crippen molar-refractivity contribution < 1.29 is 4.52 Å². The Morgan fingerprint density at radius 1 is 1.45 bits per heavy atom. The summed E-state index contributed by atoms with van der Waals surface area (Å²) < 4.78 is 5.43. The molecule has 7 heteroatoms. The Morgan fingerprint density at radius 3 is 2.95 bits per heavy atom. The monoisotopic (exact) mass is 312 g/mol. The molecule has 0 aliphatic carbocycles. The van der Waals surface area contributed by atoms with Crippen LogP contribution in [-0.4, -0.2) is 21.7 Å². The fourth-order valence-corrected chi connectivity index (χ4v) is 3.00. The SMILES string of the molecule is CCC1(c2nc(-c3ncc(Cl)cc3Cl)no2)CCCN1. The summed E-state index contributed by atoms with van der Waals surface area (Å²) >= 11 is 12.0. The van der Waals surface area contributed by atoms with Gasteiger partial charge in [0.05, 0.1) is 15.6 Å². The zero-order valence-corrected chi connectivity index (χ0v) is 12.5.